The van der Waals surface area contributed by atoms with Crippen LogP contribution in [0.2, 0.25) is 5.02 Å². The van der Waals surface area contributed by atoms with Crippen molar-refractivity contribution in [2.75, 3.05) is 48.1 Å². The summed E-state index contributed by atoms with van der Waals surface area (Å²) < 4.78 is 11.1. The molecule has 196 valence electrons. The lowest BCUT2D eigenvalue weighted by molar-refractivity contribution is 0.174. The number of pyridine rings is 1. The summed E-state index contributed by atoms with van der Waals surface area (Å²) in [6.07, 6.45) is 5.45. The van der Waals surface area contributed by atoms with Crippen molar-refractivity contribution in [3.05, 3.63) is 71.0 Å². The van der Waals surface area contributed by atoms with Crippen LogP contribution in [0, 0.1) is 6.92 Å². The number of hydrogen-bond donors (Lipinski definition) is 1. The van der Waals surface area contributed by atoms with Gasteiger partial charge in [0.2, 0.25) is 12.7 Å². The van der Waals surface area contributed by atoms with E-state index in [0.29, 0.717) is 18.1 Å². The molecule has 2 aromatic carbocycles. The lowest BCUT2D eigenvalue weighted by Crippen LogP contribution is -2.33. The minimum absolute atomic E-state index is 0.266. The highest BCUT2D eigenvalue weighted by atomic mass is 35.5. The lowest BCUT2D eigenvalue weighted by atomic mass is 10.1. The van der Waals surface area contributed by atoms with Crippen LogP contribution in [0.15, 0.2) is 54.7 Å². The fraction of sp³-hybridized carbons (Fsp3) is 0.345. The van der Waals surface area contributed by atoms with Gasteiger partial charge in [0, 0.05) is 66.8 Å². The van der Waals surface area contributed by atoms with E-state index >= 15 is 0 Å². The Balaban J connectivity index is 1.26. The number of benzene rings is 2. The Bertz CT molecular complexity index is 1440. The highest BCUT2D eigenvalue weighted by Crippen LogP contribution is 2.33. The molecule has 4 heterocycles. The van der Waals surface area contributed by atoms with Crippen LogP contribution < -0.4 is 24.6 Å². The quantitative estimate of drug-likeness (QED) is 0.305. The molecule has 0 atom stereocenters. The number of fused-ring (bicyclic) bond motifs is 2. The maximum Gasteiger partial charge on any atom is 0.231 e. The van der Waals surface area contributed by atoms with Gasteiger partial charge in [-0.1, -0.05) is 17.7 Å². The Morgan fingerprint density at radius 3 is 2.74 bits per heavy atom. The van der Waals surface area contributed by atoms with Crippen molar-refractivity contribution in [2.24, 2.45) is 0 Å². The first-order chi connectivity index (χ1) is 18.6. The maximum absolute atomic E-state index is 6.18. The summed E-state index contributed by atoms with van der Waals surface area (Å²) in [4.78, 5) is 18.9. The Kier molecular flexibility index (Phi) is 7.05. The van der Waals surface area contributed by atoms with E-state index in [9.17, 15) is 0 Å². The second kappa shape index (κ2) is 10.9. The third-order valence-electron chi connectivity index (χ3n) is 7.00. The maximum atomic E-state index is 6.18. The van der Waals surface area contributed by atoms with Crippen LogP contribution in [0.1, 0.15) is 30.5 Å². The summed E-state index contributed by atoms with van der Waals surface area (Å²) in [5.74, 6) is 3.32. The Morgan fingerprint density at radius 1 is 0.974 bits per heavy atom. The van der Waals surface area contributed by atoms with Gasteiger partial charge in [-0.25, -0.2) is 4.98 Å². The second-order valence-electron chi connectivity index (χ2n) is 9.77. The number of ether oxygens (including phenoxy) is 2. The van der Waals surface area contributed by atoms with Gasteiger partial charge in [-0.2, -0.15) is 4.98 Å². The number of aryl methyl sites for hydroxylation is 1. The molecule has 0 spiro atoms. The van der Waals surface area contributed by atoms with E-state index in [1.165, 1.54) is 19.3 Å². The highest BCUT2D eigenvalue weighted by molar-refractivity contribution is 6.31. The summed E-state index contributed by atoms with van der Waals surface area (Å²) in [5, 5.41) is 5.33. The van der Waals surface area contributed by atoms with Crippen molar-refractivity contribution in [3.63, 3.8) is 0 Å². The van der Waals surface area contributed by atoms with Gasteiger partial charge < -0.3 is 24.6 Å². The molecule has 0 unspecified atom stereocenters. The molecule has 1 saturated heterocycles. The van der Waals surface area contributed by atoms with Gasteiger partial charge in [0.15, 0.2) is 11.5 Å². The van der Waals surface area contributed by atoms with Crippen LogP contribution in [0.5, 0.6) is 11.5 Å². The first-order valence-corrected chi connectivity index (χ1v) is 13.5. The van der Waals surface area contributed by atoms with Crippen LogP contribution in [0.4, 0.5) is 17.5 Å². The number of nitrogens with zero attached hydrogens (tertiary/aromatic N) is 5. The molecular weight excluding hydrogens is 500 g/mol. The van der Waals surface area contributed by atoms with Crippen molar-refractivity contribution in [2.45, 2.75) is 32.7 Å². The fourth-order valence-electron chi connectivity index (χ4n) is 5.07. The van der Waals surface area contributed by atoms with Gasteiger partial charge in [-0.3, -0.25) is 4.98 Å². The molecule has 1 N–H and O–H groups in total. The zero-order valence-electron chi connectivity index (χ0n) is 21.5. The Hall–Kier alpha value is -3.78. The molecule has 2 aliphatic rings. The lowest BCUT2D eigenvalue weighted by Gasteiger charge is -2.29. The summed E-state index contributed by atoms with van der Waals surface area (Å²) in [6, 6.07) is 16.0. The Morgan fingerprint density at radius 2 is 1.84 bits per heavy atom. The molecule has 2 aromatic heterocycles. The second-order valence-corrected chi connectivity index (χ2v) is 10.2. The van der Waals surface area contributed by atoms with Crippen molar-refractivity contribution in [1.82, 2.24) is 15.0 Å². The number of aromatic nitrogens is 3. The molecular formula is C29H31ClN6O2. The largest absolute Gasteiger partial charge is 0.454 e. The Labute approximate surface area is 227 Å². The van der Waals surface area contributed by atoms with Crippen LogP contribution in [-0.2, 0) is 6.54 Å². The van der Waals surface area contributed by atoms with Gasteiger partial charge >= 0.3 is 0 Å². The monoisotopic (exact) mass is 530 g/mol. The molecule has 0 radical (unpaired) electrons. The van der Waals surface area contributed by atoms with Gasteiger partial charge in [-0.05, 0) is 68.1 Å². The number of rotatable bonds is 8. The zero-order chi connectivity index (χ0) is 25.9. The average Bonchev–Trinajstić information content (AvgIpc) is 3.40. The van der Waals surface area contributed by atoms with Crippen molar-refractivity contribution in [1.29, 1.82) is 0 Å². The molecule has 38 heavy (non-hydrogen) atoms. The van der Waals surface area contributed by atoms with E-state index in [0.717, 1.165) is 70.7 Å². The normalized spacial score (nSPS) is 14.6. The number of hydrogen-bond acceptors (Lipinski definition) is 8. The first-order valence-electron chi connectivity index (χ1n) is 13.1. The van der Waals surface area contributed by atoms with Crippen LogP contribution in [0.3, 0.4) is 0 Å². The van der Waals surface area contributed by atoms with Crippen molar-refractivity contribution >= 4 is 40.0 Å². The van der Waals surface area contributed by atoms with E-state index in [4.69, 9.17) is 31.0 Å². The summed E-state index contributed by atoms with van der Waals surface area (Å²) >= 11 is 6.18. The molecule has 6 rings (SSSR count). The van der Waals surface area contributed by atoms with Gasteiger partial charge in [0.25, 0.3) is 0 Å². The molecule has 9 heteroatoms. The number of anilines is 3. The molecule has 0 bridgehead atoms. The van der Waals surface area contributed by atoms with Gasteiger partial charge in [-0.15, -0.1) is 0 Å². The minimum atomic E-state index is 0.266. The smallest absolute Gasteiger partial charge is 0.231 e. The molecule has 1 fully saturated rings. The van der Waals surface area contributed by atoms with E-state index in [1.807, 2.05) is 43.5 Å². The van der Waals surface area contributed by atoms with E-state index in [1.54, 1.807) is 0 Å². The number of piperidine rings is 1. The predicted octanol–water partition coefficient (Wildman–Crippen LogP) is 5.82. The zero-order valence-corrected chi connectivity index (χ0v) is 22.2. The topological polar surface area (TPSA) is 75.6 Å². The molecule has 0 aliphatic carbocycles. The van der Waals surface area contributed by atoms with E-state index < -0.39 is 0 Å². The highest BCUT2D eigenvalue weighted by Gasteiger charge is 2.19. The molecule has 0 amide bonds. The van der Waals surface area contributed by atoms with Crippen molar-refractivity contribution < 1.29 is 9.47 Å². The van der Waals surface area contributed by atoms with E-state index in [2.05, 4.69) is 38.3 Å². The van der Waals surface area contributed by atoms with Crippen LogP contribution in [0.25, 0.3) is 10.9 Å². The summed E-state index contributed by atoms with van der Waals surface area (Å²) in [6.45, 7) is 6.46. The van der Waals surface area contributed by atoms with E-state index in [-0.39, 0.29) is 6.79 Å². The summed E-state index contributed by atoms with van der Waals surface area (Å²) in [5.41, 5.74) is 4.00. The average molecular weight is 531 g/mol. The van der Waals surface area contributed by atoms with Crippen LogP contribution >= 0.6 is 11.6 Å². The number of halogens is 1. The third-order valence-corrected chi connectivity index (χ3v) is 7.24. The fourth-order valence-corrected chi connectivity index (χ4v) is 5.24. The predicted molar refractivity (Wildman–Crippen MR) is 152 cm³/mol. The van der Waals surface area contributed by atoms with Crippen molar-refractivity contribution in [3.8, 4) is 11.5 Å². The van der Waals surface area contributed by atoms with Crippen LogP contribution in [-0.4, -0.2) is 47.9 Å². The third kappa shape index (κ3) is 5.41. The molecule has 2 aliphatic heterocycles. The first kappa shape index (κ1) is 24.6. The standard InChI is InChI=1S/C29H31ClN6O2/c1-20-15-28(34-29(33-20)35-12-3-2-4-13-35)36(18-21-5-8-26-27(16-21)38-19-37-26)14-11-32-24-9-10-31-25-17-22(30)6-7-23(24)25/h5-10,15-17H,2-4,11-14,18-19H2,1H3,(H,31,32). The minimum Gasteiger partial charge on any atom is -0.454 e. The summed E-state index contributed by atoms with van der Waals surface area (Å²) in [7, 11) is 0. The molecule has 4 aromatic rings. The number of nitrogens with one attached hydrogen (secondary N) is 1. The van der Waals surface area contributed by atoms with Gasteiger partial charge in [0.1, 0.15) is 5.82 Å². The SMILES string of the molecule is Cc1cc(N(CCNc2ccnc3cc(Cl)ccc23)Cc2ccc3c(c2)OCO3)nc(N2CCCCC2)n1. The molecule has 0 saturated carbocycles. The molecule has 8 nitrogen and oxygen atoms in total. The van der Waals surface area contributed by atoms with Gasteiger partial charge in [0.05, 0.1) is 5.52 Å².